The molecule has 0 fully saturated rings. The summed E-state index contributed by atoms with van der Waals surface area (Å²) in [6.45, 7) is 4.35. The van der Waals surface area contributed by atoms with E-state index >= 15 is 0 Å². The second-order valence-corrected chi connectivity index (χ2v) is 9.46. The van der Waals surface area contributed by atoms with Crippen LogP contribution in [0.1, 0.15) is 73.8 Å². The van der Waals surface area contributed by atoms with Gasteiger partial charge >= 0.3 is 6.03 Å². The maximum absolute atomic E-state index is 13.1. The molecule has 3 aliphatic rings. The van der Waals surface area contributed by atoms with E-state index in [0.29, 0.717) is 35.5 Å². The summed E-state index contributed by atoms with van der Waals surface area (Å²) in [6.07, 6.45) is 10.1. The van der Waals surface area contributed by atoms with Gasteiger partial charge in [0.1, 0.15) is 11.5 Å². The molecule has 11 heteroatoms. The van der Waals surface area contributed by atoms with E-state index in [1.54, 1.807) is 13.1 Å². The second kappa shape index (κ2) is 11.5. The van der Waals surface area contributed by atoms with E-state index in [4.69, 9.17) is 16.1 Å². The number of hydrazine groups is 1. The fourth-order valence-electron chi connectivity index (χ4n) is 5.48. The molecule has 0 bridgehead atoms. The number of carbonyl (C=O) groups is 1. The van der Waals surface area contributed by atoms with Gasteiger partial charge in [0, 0.05) is 18.2 Å². The summed E-state index contributed by atoms with van der Waals surface area (Å²) >= 11 is 0. The highest BCUT2D eigenvalue weighted by Gasteiger charge is 2.30. The number of hydrogen-bond donors (Lipinski definition) is 5. The van der Waals surface area contributed by atoms with Crippen molar-refractivity contribution < 1.29 is 14.7 Å². The van der Waals surface area contributed by atoms with Gasteiger partial charge in [-0.1, -0.05) is 6.92 Å². The average Bonchev–Trinajstić information content (AvgIpc) is 3.56. The predicted octanol–water partition coefficient (Wildman–Crippen LogP) is 4.13. The van der Waals surface area contributed by atoms with Crippen LogP contribution >= 0.6 is 0 Å². The lowest BCUT2D eigenvalue weighted by molar-refractivity contribution is -0.0839. The smallest absolute Gasteiger partial charge is 0.339 e. The lowest BCUT2D eigenvalue weighted by Crippen LogP contribution is -2.43. The molecule has 2 amide bonds. The lowest BCUT2D eigenvalue weighted by Gasteiger charge is -2.23. The predicted molar refractivity (Wildman–Crippen MR) is 137 cm³/mol. The number of fused-ring (bicyclic) bond motifs is 2. The zero-order valence-corrected chi connectivity index (χ0v) is 21.1. The highest BCUT2D eigenvalue weighted by molar-refractivity contribution is 5.93. The zero-order valence-electron chi connectivity index (χ0n) is 21.1. The first-order valence-corrected chi connectivity index (χ1v) is 12.7. The quantitative estimate of drug-likeness (QED) is 0.131. The van der Waals surface area contributed by atoms with Gasteiger partial charge < -0.3 is 15.9 Å². The van der Waals surface area contributed by atoms with E-state index < -0.39 is 6.03 Å². The van der Waals surface area contributed by atoms with Gasteiger partial charge in [0.05, 0.1) is 12.8 Å². The first-order valence-electron chi connectivity index (χ1n) is 12.7. The number of hydroxylamine groups is 1. The SMILES string of the molecule is CCC1CCCO/C(C)=C(\N(O)NC(=O)Nc2c3c(c(C/C(N=N)=N/N)c4c2CCC4)CCC3)C=N1. The van der Waals surface area contributed by atoms with E-state index in [9.17, 15) is 10.0 Å². The third-order valence-electron chi connectivity index (χ3n) is 7.29. The molecule has 1 heterocycles. The fourth-order valence-corrected chi connectivity index (χ4v) is 5.48. The molecule has 36 heavy (non-hydrogen) atoms. The van der Waals surface area contributed by atoms with Crippen molar-refractivity contribution in [1.29, 1.82) is 5.53 Å². The Bertz CT molecular complexity index is 1080. The van der Waals surface area contributed by atoms with Crippen LogP contribution < -0.4 is 16.6 Å². The zero-order chi connectivity index (χ0) is 25.7. The largest absolute Gasteiger partial charge is 0.496 e. The first-order chi connectivity index (χ1) is 17.5. The Morgan fingerprint density at radius 1 is 1.22 bits per heavy atom. The lowest BCUT2D eigenvalue weighted by atomic mass is 9.90. The molecule has 1 aliphatic heterocycles. The van der Waals surface area contributed by atoms with Crippen LogP contribution in [0.3, 0.4) is 0 Å². The molecule has 194 valence electrons. The van der Waals surface area contributed by atoms with Crippen LogP contribution in [0.4, 0.5) is 10.5 Å². The number of carbonyl (C=O) groups excluding carboxylic acids is 1. The molecule has 0 radical (unpaired) electrons. The number of ether oxygens (including phenoxy) is 1. The molecule has 0 aromatic heterocycles. The van der Waals surface area contributed by atoms with E-state index in [-0.39, 0.29) is 6.04 Å². The Kier molecular flexibility index (Phi) is 8.19. The number of amidine groups is 1. The van der Waals surface area contributed by atoms with Gasteiger partial charge in [0.25, 0.3) is 0 Å². The van der Waals surface area contributed by atoms with Gasteiger partial charge in [0.2, 0.25) is 0 Å². The van der Waals surface area contributed by atoms with Crippen molar-refractivity contribution in [3.8, 4) is 0 Å². The molecule has 6 N–H and O–H groups in total. The standard InChI is InChI=1S/C25H36N8O3/c1-3-16-7-6-12-36-15(2)22(14-28-16)33(35)32-25(34)29-24-19-10-4-8-17(19)21(13-23(30-26)31-27)18-9-5-11-20(18)24/h14,16,26,35H,3-13,27H2,1-2H3,(H2,29,32,34)/b22-15-,28-14?,30-26?,31-23-. The number of allylic oxidation sites excluding steroid dienone is 2. The monoisotopic (exact) mass is 496 g/mol. The normalized spacial score (nSPS) is 21.5. The number of anilines is 1. The molecule has 11 nitrogen and oxygen atoms in total. The van der Waals surface area contributed by atoms with Crippen LogP contribution in [-0.4, -0.2) is 41.1 Å². The summed E-state index contributed by atoms with van der Waals surface area (Å²) in [4.78, 5) is 17.6. The number of rotatable bonds is 6. The maximum atomic E-state index is 13.1. The minimum absolute atomic E-state index is 0.146. The van der Waals surface area contributed by atoms with Crippen molar-refractivity contribution in [2.75, 3.05) is 11.9 Å². The van der Waals surface area contributed by atoms with Gasteiger partial charge in [-0.3, -0.25) is 10.2 Å². The number of hydrazone groups is 1. The summed E-state index contributed by atoms with van der Waals surface area (Å²) in [7, 11) is 0. The third kappa shape index (κ3) is 5.35. The maximum Gasteiger partial charge on any atom is 0.339 e. The number of nitrogens with one attached hydrogen (secondary N) is 3. The van der Waals surface area contributed by atoms with Gasteiger partial charge in [-0.25, -0.2) is 15.8 Å². The number of amides is 2. The Labute approximate surface area is 211 Å². The second-order valence-electron chi connectivity index (χ2n) is 9.46. The van der Waals surface area contributed by atoms with Crippen LogP contribution in [-0.2, 0) is 36.8 Å². The van der Waals surface area contributed by atoms with Crippen molar-refractivity contribution in [2.45, 2.75) is 84.1 Å². The number of benzene rings is 1. The summed E-state index contributed by atoms with van der Waals surface area (Å²) in [6, 6.07) is -0.396. The van der Waals surface area contributed by atoms with Gasteiger partial charge in [-0.2, -0.15) is 10.3 Å². The molecular formula is C25H36N8O3. The van der Waals surface area contributed by atoms with Crippen molar-refractivity contribution >= 4 is 23.8 Å². The van der Waals surface area contributed by atoms with E-state index in [1.807, 2.05) is 0 Å². The highest BCUT2D eigenvalue weighted by atomic mass is 16.5. The minimum Gasteiger partial charge on any atom is -0.496 e. The van der Waals surface area contributed by atoms with Crippen LogP contribution in [0.5, 0.6) is 0 Å². The van der Waals surface area contributed by atoms with Crippen molar-refractivity contribution in [2.24, 2.45) is 21.1 Å². The Morgan fingerprint density at radius 2 is 1.89 bits per heavy atom. The average molecular weight is 497 g/mol. The summed E-state index contributed by atoms with van der Waals surface area (Å²) in [5.41, 5.74) is 16.8. The molecule has 0 saturated carbocycles. The molecule has 1 aromatic carbocycles. The topological polar surface area (TPSA) is 161 Å². The van der Waals surface area contributed by atoms with Crippen LogP contribution in [0, 0.1) is 5.53 Å². The Balaban J connectivity index is 1.58. The number of nitrogens with zero attached hydrogens (tertiary/aromatic N) is 4. The molecular weight excluding hydrogens is 460 g/mol. The molecule has 1 atom stereocenters. The fraction of sp³-hybridized carbons (Fsp3) is 0.560. The first kappa shape index (κ1) is 25.6. The Hall–Kier alpha value is -3.47. The van der Waals surface area contributed by atoms with Crippen molar-refractivity contribution in [3.05, 3.63) is 39.3 Å². The van der Waals surface area contributed by atoms with Gasteiger partial charge in [-0.15, -0.1) is 5.11 Å². The van der Waals surface area contributed by atoms with Crippen molar-refractivity contribution in [3.63, 3.8) is 0 Å². The Morgan fingerprint density at radius 3 is 2.50 bits per heavy atom. The van der Waals surface area contributed by atoms with Crippen molar-refractivity contribution in [1.82, 2.24) is 10.6 Å². The molecule has 1 unspecified atom stereocenters. The van der Waals surface area contributed by atoms with Crippen LogP contribution in [0.25, 0.3) is 0 Å². The summed E-state index contributed by atoms with van der Waals surface area (Å²) < 4.78 is 5.75. The summed E-state index contributed by atoms with van der Waals surface area (Å²) in [5.74, 6) is 6.22. The van der Waals surface area contributed by atoms with E-state index in [0.717, 1.165) is 80.2 Å². The number of nitrogens with two attached hydrogens (primary N) is 1. The van der Waals surface area contributed by atoms with Crippen LogP contribution in [0.2, 0.25) is 0 Å². The highest BCUT2D eigenvalue weighted by Crippen LogP contribution is 2.42. The van der Waals surface area contributed by atoms with Crippen LogP contribution in [0.15, 0.2) is 26.7 Å². The molecule has 0 spiro atoms. The minimum atomic E-state index is -0.542. The van der Waals surface area contributed by atoms with Gasteiger partial charge in [0.15, 0.2) is 5.84 Å². The molecule has 2 aliphatic carbocycles. The molecule has 4 rings (SSSR count). The molecule has 0 saturated heterocycles. The number of hydrogen-bond acceptors (Lipinski definition) is 8. The van der Waals surface area contributed by atoms with Gasteiger partial charge in [-0.05, 0) is 92.5 Å². The van der Waals surface area contributed by atoms with E-state index in [1.165, 1.54) is 11.1 Å². The number of aliphatic imine (C=N–C) groups is 1. The molecule has 1 aromatic rings. The summed E-state index contributed by atoms with van der Waals surface area (Å²) in [5, 5.41) is 21.6. The van der Waals surface area contributed by atoms with E-state index in [2.05, 4.69) is 32.9 Å². The number of urea groups is 1. The third-order valence-corrected chi connectivity index (χ3v) is 7.29.